The first-order chi connectivity index (χ1) is 9.03. The Balaban J connectivity index is 2.27. The van der Waals surface area contributed by atoms with Crippen LogP contribution in [0.2, 0.25) is 0 Å². The Hall–Kier alpha value is -2.17. The number of hydrogen-bond donors (Lipinski definition) is 0. The van der Waals surface area contributed by atoms with Gasteiger partial charge in [-0.25, -0.2) is 0 Å². The average Bonchev–Trinajstić information content (AvgIpc) is 2.37. The Labute approximate surface area is 109 Å². The summed E-state index contributed by atoms with van der Waals surface area (Å²) in [5.74, 6) is 0.542. The number of nitrogens with zero attached hydrogens (tertiary/aromatic N) is 1. The Bertz CT molecular complexity index is 717. The molecule has 5 nitrogen and oxygen atoms in total. The molecule has 5 heteroatoms. The zero-order valence-electron chi connectivity index (χ0n) is 10.7. The van der Waals surface area contributed by atoms with E-state index in [2.05, 4.69) is 5.18 Å². The van der Waals surface area contributed by atoms with Gasteiger partial charge in [-0.1, -0.05) is 11.2 Å². The molecule has 1 atom stereocenters. The lowest BCUT2D eigenvalue weighted by molar-refractivity contribution is 0.0649. The normalized spacial score (nSPS) is 20.6. The predicted molar refractivity (Wildman–Crippen MR) is 70.5 cm³/mol. The maximum atomic E-state index is 11.8. The van der Waals surface area contributed by atoms with E-state index in [1.807, 2.05) is 13.8 Å². The van der Waals surface area contributed by atoms with Crippen LogP contribution in [0.4, 0.5) is 0 Å². The van der Waals surface area contributed by atoms with Crippen LogP contribution < -0.4 is 10.2 Å². The number of rotatable bonds is 1. The molecule has 98 valence electrons. The molecule has 0 aliphatic carbocycles. The van der Waals surface area contributed by atoms with Crippen molar-refractivity contribution in [3.63, 3.8) is 0 Å². The van der Waals surface area contributed by atoms with Crippen LogP contribution in [0.25, 0.3) is 11.0 Å². The molecule has 0 spiro atoms. The summed E-state index contributed by atoms with van der Waals surface area (Å²) >= 11 is 0. The molecule has 2 aromatic rings. The van der Waals surface area contributed by atoms with Crippen molar-refractivity contribution in [1.29, 1.82) is 0 Å². The molecule has 0 saturated carbocycles. The van der Waals surface area contributed by atoms with Gasteiger partial charge < -0.3 is 9.15 Å². The van der Waals surface area contributed by atoms with E-state index in [1.54, 1.807) is 12.1 Å². The summed E-state index contributed by atoms with van der Waals surface area (Å²) in [5, 5.41) is 3.61. The molecule has 0 radical (unpaired) electrons. The highest BCUT2D eigenvalue weighted by Crippen LogP contribution is 2.39. The molecule has 1 aromatic carbocycles. The van der Waals surface area contributed by atoms with Gasteiger partial charge in [-0.05, 0) is 19.9 Å². The van der Waals surface area contributed by atoms with Crippen LogP contribution in [0, 0.1) is 4.91 Å². The summed E-state index contributed by atoms with van der Waals surface area (Å²) in [6.07, 6.45) is 1.84. The van der Waals surface area contributed by atoms with E-state index in [0.717, 1.165) is 5.56 Å². The molecule has 1 aliphatic heterocycles. The van der Waals surface area contributed by atoms with Gasteiger partial charge in [0.05, 0.1) is 11.6 Å². The molecule has 1 aliphatic rings. The minimum atomic E-state index is -0.711. The Morgan fingerprint density at radius 3 is 2.84 bits per heavy atom. The van der Waals surface area contributed by atoms with Crippen LogP contribution in [0.5, 0.6) is 5.75 Å². The van der Waals surface area contributed by atoms with Crippen LogP contribution in [0.15, 0.2) is 38.9 Å². The molecule has 0 amide bonds. The fourth-order valence-corrected chi connectivity index (χ4v) is 2.39. The lowest BCUT2D eigenvalue weighted by Crippen LogP contribution is -2.45. The Kier molecular flexibility index (Phi) is 2.45. The van der Waals surface area contributed by atoms with Gasteiger partial charge in [0.2, 0.25) is 0 Å². The first-order valence-electron chi connectivity index (χ1n) is 6.08. The van der Waals surface area contributed by atoms with Crippen molar-refractivity contribution in [3.05, 3.63) is 45.2 Å². The van der Waals surface area contributed by atoms with E-state index in [-0.39, 0.29) is 5.43 Å². The molecule has 3 rings (SSSR count). The van der Waals surface area contributed by atoms with Crippen LogP contribution >= 0.6 is 0 Å². The average molecular weight is 259 g/mol. The van der Waals surface area contributed by atoms with E-state index in [1.165, 1.54) is 12.3 Å². The predicted octanol–water partition coefficient (Wildman–Crippen LogP) is 2.64. The third-order valence-electron chi connectivity index (χ3n) is 3.57. The maximum Gasteiger partial charge on any atom is 0.192 e. The Morgan fingerprint density at radius 1 is 1.32 bits per heavy atom. The molecule has 19 heavy (non-hydrogen) atoms. The third-order valence-corrected chi connectivity index (χ3v) is 3.57. The van der Waals surface area contributed by atoms with Gasteiger partial charge in [-0.2, -0.15) is 4.91 Å². The monoisotopic (exact) mass is 259 g/mol. The zero-order chi connectivity index (χ0) is 13.6. The first kappa shape index (κ1) is 11.9. The summed E-state index contributed by atoms with van der Waals surface area (Å²) in [6, 6.07) is 4.41. The van der Waals surface area contributed by atoms with Crippen LogP contribution in [-0.2, 0) is 6.42 Å². The minimum Gasteiger partial charge on any atom is -0.481 e. The summed E-state index contributed by atoms with van der Waals surface area (Å²) in [6.45, 7) is 3.61. The minimum absolute atomic E-state index is 0.110. The van der Waals surface area contributed by atoms with Crippen molar-refractivity contribution in [2.24, 2.45) is 5.18 Å². The van der Waals surface area contributed by atoms with Crippen molar-refractivity contribution in [3.8, 4) is 5.75 Å². The summed E-state index contributed by atoms with van der Waals surface area (Å²) < 4.78 is 11.3. The molecule has 0 fully saturated rings. The molecule has 1 unspecified atom stereocenters. The van der Waals surface area contributed by atoms with Gasteiger partial charge in [0.1, 0.15) is 11.6 Å². The number of nitroso groups, excluding NO2 is 1. The smallest absolute Gasteiger partial charge is 0.192 e. The fourth-order valence-electron chi connectivity index (χ4n) is 2.39. The van der Waals surface area contributed by atoms with E-state index in [9.17, 15) is 9.70 Å². The van der Waals surface area contributed by atoms with E-state index >= 15 is 0 Å². The number of hydrogen-bond acceptors (Lipinski definition) is 5. The molecule has 0 bridgehead atoms. The van der Waals surface area contributed by atoms with Gasteiger partial charge in [-0.15, -0.1) is 0 Å². The largest absolute Gasteiger partial charge is 0.481 e. The molecular weight excluding hydrogens is 246 g/mol. The zero-order valence-corrected chi connectivity index (χ0v) is 10.7. The lowest BCUT2D eigenvalue weighted by Gasteiger charge is -2.36. The highest BCUT2D eigenvalue weighted by Gasteiger charge is 2.39. The quantitative estimate of drug-likeness (QED) is 0.738. The molecule has 2 heterocycles. The summed E-state index contributed by atoms with van der Waals surface area (Å²) in [7, 11) is 0. The van der Waals surface area contributed by atoms with E-state index in [4.69, 9.17) is 9.15 Å². The summed E-state index contributed by atoms with van der Waals surface area (Å²) in [5.41, 5.74) is 0.451. The van der Waals surface area contributed by atoms with Crippen molar-refractivity contribution in [2.75, 3.05) is 0 Å². The molecular formula is C14H13NO4. The van der Waals surface area contributed by atoms with Gasteiger partial charge in [0.15, 0.2) is 16.8 Å². The summed E-state index contributed by atoms with van der Waals surface area (Å²) in [4.78, 5) is 22.7. The van der Waals surface area contributed by atoms with E-state index in [0.29, 0.717) is 23.1 Å². The van der Waals surface area contributed by atoms with Crippen LogP contribution in [0.3, 0.4) is 0 Å². The second kappa shape index (κ2) is 3.91. The topological polar surface area (TPSA) is 68.9 Å². The third kappa shape index (κ3) is 1.73. The second-order valence-electron chi connectivity index (χ2n) is 5.25. The lowest BCUT2D eigenvalue weighted by atomic mass is 9.89. The number of ether oxygens (including phenoxy) is 1. The highest BCUT2D eigenvalue weighted by molar-refractivity contribution is 5.84. The molecule has 1 aromatic heterocycles. The van der Waals surface area contributed by atoms with Crippen molar-refractivity contribution in [2.45, 2.75) is 31.9 Å². The van der Waals surface area contributed by atoms with Gasteiger partial charge in [0, 0.05) is 18.1 Å². The maximum absolute atomic E-state index is 11.8. The number of benzene rings is 1. The molecule has 0 saturated heterocycles. The fraction of sp³-hybridized carbons (Fsp3) is 0.357. The van der Waals surface area contributed by atoms with Gasteiger partial charge >= 0.3 is 0 Å². The van der Waals surface area contributed by atoms with Gasteiger partial charge in [-0.3, -0.25) is 4.79 Å². The molecule has 0 N–H and O–H groups in total. The number of fused-ring (bicyclic) bond motifs is 3. The van der Waals surface area contributed by atoms with Gasteiger partial charge in [0.25, 0.3) is 0 Å². The SMILES string of the molecule is CC1(C)Oc2c(ccc3c(=O)ccoc23)CC1N=O. The second-order valence-corrected chi connectivity index (χ2v) is 5.25. The highest BCUT2D eigenvalue weighted by atomic mass is 16.5. The standard InChI is InChI=1S/C14H13NO4/c1-14(2)11(15-17)7-8-3-4-9-10(16)5-6-18-13(9)12(8)19-14/h3-6,11H,7H2,1-2H3. The Morgan fingerprint density at radius 2 is 2.11 bits per heavy atom. The van der Waals surface area contributed by atoms with Crippen molar-refractivity contribution < 1.29 is 9.15 Å². The van der Waals surface area contributed by atoms with Crippen molar-refractivity contribution >= 4 is 11.0 Å². The van der Waals surface area contributed by atoms with Crippen molar-refractivity contribution in [1.82, 2.24) is 0 Å². The van der Waals surface area contributed by atoms with E-state index < -0.39 is 11.6 Å². The first-order valence-corrected chi connectivity index (χ1v) is 6.08. The van der Waals surface area contributed by atoms with Crippen LogP contribution in [-0.4, -0.2) is 11.6 Å². The van der Waals surface area contributed by atoms with Crippen LogP contribution in [0.1, 0.15) is 19.4 Å².